The molecule has 0 aromatic heterocycles. The molecule has 0 aliphatic rings. The number of carbonyl (C=O) groups is 1. The summed E-state index contributed by atoms with van der Waals surface area (Å²) in [4.78, 5) is 11.3. The van der Waals surface area contributed by atoms with E-state index in [9.17, 15) is 22.0 Å². The summed E-state index contributed by atoms with van der Waals surface area (Å²) in [5, 5.41) is 0. The Hall–Kier alpha value is -2.72. The summed E-state index contributed by atoms with van der Waals surface area (Å²) in [6, 6.07) is 9.30. The number of halogens is 2. The van der Waals surface area contributed by atoms with Gasteiger partial charge in [-0.05, 0) is 42.0 Å². The molecule has 0 saturated heterocycles. The van der Waals surface area contributed by atoms with Crippen LogP contribution in [0.25, 0.3) is 0 Å². The van der Waals surface area contributed by atoms with Crippen LogP contribution in [-0.4, -0.2) is 35.2 Å². The number of carbonyl (C=O) groups excluding carboxylic acids is 1. The van der Waals surface area contributed by atoms with Crippen LogP contribution in [0.5, 0.6) is 11.5 Å². The van der Waals surface area contributed by atoms with E-state index >= 15 is 0 Å². The Bertz CT molecular complexity index is 900. The third-order valence-corrected chi connectivity index (χ3v) is 4.91. The number of hydrogen-bond donors (Lipinski definition) is 1. The largest absolute Gasteiger partial charge is 0.493 e. The summed E-state index contributed by atoms with van der Waals surface area (Å²) in [5.74, 6) is -0.683. The van der Waals surface area contributed by atoms with Gasteiger partial charge in [-0.25, -0.2) is 17.9 Å². The predicted molar refractivity (Wildman–Crippen MR) is 91.4 cm³/mol. The molecule has 0 aliphatic heterocycles. The van der Waals surface area contributed by atoms with E-state index in [0.717, 1.165) is 0 Å². The van der Waals surface area contributed by atoms with Crippen molar-refractivity contribution in [1.29, 1.82) is 0 Å². The molecule has 1 N–H and O–H groups in total. The first-order valence-corrected chi connectivity index (χ1v) is 9.05. The number of alkyl halides is 2. The highest BCUT2D eigenvalue weighted by molar-refractivity contribution is 7.89. The van der Waals surface area contributed by atoms with Crippen LogP contribution in [-0.2, 0) is 21.3 Å². The highest BCUT2D eigenvalue weighted by atomic mass is 32.2. The average Bonchev–Trinajstić information content (AvgIpc) is 2.66. The normalized spacial score (nSPS) is 11.3. The van der Waals surface area contributed by atoms with Crippen LogP contribution in [0.2, 0.25) is 0 Å². The van der Waals surface area contributed by atoms with Crippen LogP contribution in [0.15, 0.2) is 47.4 Å². The molecule has 0 fully saturated rings. The van der Waals surface area contributed by atoms with Gasteiger partial charge in [0.05, 0.1) is 24.7 Å². The van der Waals surface area contributed by atoms with Gasteiger partial charge in [0, 0.05) is 6.54 Å². The van der Waals surface area contributed by atoms with E-state index in [2.05, 4.69) is 14.2 Å². The van der Waals surface area contributed by atoms with Crippen molar-refractivity contribution in [3.63, 3.8) is 0 Å². The lowest BCUT2D eigenvalue weighted by Gasteiger charge is -2.12. The second-order valence-electron chi connectivity index (χ2n) is 5.20. The molecule has 0 spiro atoms. The van der Waals surface area contributed by atoms with Gasteiger partial charge in [0.25, 0.3) is 0 Å². The van der Waals surface area contributed by atoms with Crippen LogP contribution in [0.1, 0.15) is 15.9 Å². The maximum Gasteiger partial charge on any atom is 0.387 e. The molecule has 0 aliphatic carbocycles. The van der Waals surface area contributed by atoms with Crippen LogP contribution in [0, 0.1) is 0 Å². The molecule has 0 radical (unpaired) electrons. The zero-order chi connectivity index (χ0) is 20.0. The lowest BCUT2D eigenvalue weighted by Crippen LogP contribution is -2.23. The predicted octanol–water partition coefficient (Wildman–Crippen LogP) is 2.56. The van der Waals surface area contributed by atoms with Gasteiger partial charge in [-0.3, -0.25) is 0 Å². The maximum absolute atomic E-state index is 12.3. The topological polar surface area (TPSA) is 90.9 Å². The lowest BCUT2D eigenvalue weighted by atomic mass is 10.2. The fourth-order valence-corrected chi connectivity index (χ4v) is 3.18. The van der Waals surface area contributed by atoms with Crippen molar-refractivity contribution in [2.24, 2.45) is 0 Å². The third-order valence-electron chi connectivity index (χ3n) is 3.50. The van der Waals surface area contributed by atoms with Gasteiger partial charge < -0.3 is 14.2 Å². The van der Waals surface area contributed by atoms with E-state index in [-0.39, 0.29) is 28.5 Å². The quantitative estimate of drug-likeness (QED) is 0.684. The molecule has 146 valence electrons. The van der Waals surface area contributed by atoms with Crippen molar-refractivity contribution in [2.75, 3.05) is 14.2 Å². The van der Waals surface area contributed by atoms with Crippen molar-refractivity contribution < 1.29 is 36.2 Å². The molecule has 7 nitrogen and oxygen atoms in total. The number of esters is 1. The molecule has 2 rings (SSSR count). The highest BCUT2D eigenvalue weighted by Crippen LogP contribution is 2.29. The van der Waals surface area contributed by atoms with Gasteiger partial charge in [0.15, 0.2) is 11.5 Å². The molecule has 0 amide bonds. The summed E-state index contributed by atoms with van der Waals surface area (Å²) in [6.45, 7) is -3.11. The molecule has 0 atom stereocenters. The molecule has 10 heteroatoms. The van der Waals surface area contributed by atoms with Gasteiger partial charge in [0.2, 0.25) is 10.0 Å². The van der Waals surface area contributed by atoms with Crippen molar-refractivity contribution in [1.82, 2.24) is 4.72 Å². The number of sulfonamides is 1. The number of benzene rings is 2. The fourth-order valence-electron chi connectivity index (χ4n) is 2.16. The Kier molecular flexibility index (Phi) is 6.70. The van der Waals surface area contributed by atoms with Gasteiger partial charge in [-0.15, -0.1) is 0 Å². The Morgan fingerprint density at radius 3 is 2.30 bits per heavy atom. The van der Waals surface area contributed by atoms with Gasteiger partial charge in [0.1, 0.15) is 0 Å². The minimum absolute atomic E-state index is 0.0419. The van der Waals surface area contributed by atoms with Gasteiger partial charge in [-0.1, -0.05) is 6.07 Å². The number of hydrogen-bond acceptors (Lipinski definition) is 6. The Balaban J connectivity index is 2.11. The molecular weight excluding hydrogens is 384 g/mol. The van der Waals surface area contributed by atoms with Crippen LogP contribution in [0.3, 0.4) is 0 Å². The Morgan fingerprint density at radius 2 is 1.74 bits per heavy atom. The standard InChI is InChI=1S/C17H17F2NO6S/c1-24-15-9-11(3-8-14(15)26-17(18)19)10-20-27(22,23)13-6-4-12(5-7-13)16(21)25-2/h3-9,17,20H,10H2,1-2H3. The molecule has 0 bridgehead atoms. The Morgan fingerprint density at radius 1 is 1.07 bits per heavy atom. The maximum atomic E-state index is 12.3. The van der Waals surface area contributed by atoms with E-state index in [4.69, 9.17) is 4.74 Å². The number of ether oxygens (including phenoxy) is 3. The average molecular weight is 401 g/mol. The number of nitrogens with one attached hydrogen (secondary N) is 1. The molecule has 0 saturated carbocycles. The minimum Gasteiger partial charge on any atom is -0.493 e. The first kappa shape index (κ1) is 20.6. The second kappa shape index (κ2) is 8.78. The number of rotatable bonds is 8. The van der Waals surface area contributed by atoms with E-state index in [1.165, 1.54) is 56.7 Å². The SMILES string of the molecule is COC(=O)c1ccc(S(=O)(=O)NCc2ccc(OC(F)F)c(OC)c2)cc1. The van der Waals surface area contributed by atoms with Crippen LogP contribution < -0.4 is 14.2 Å². The highest BCUT2D eigenvalue weighted by Gasteiger charge is 2.16. The zero-order valence-electron chi connectivity index (χ0n) is 14.4. The molecule has 2 aromatic carbocycles. The monoisotopic (exact) mass is 401 g/mol. The molecule has 0 unspecified atom stereocenters. The smallest absolute Gasteiger partial charge is 0.387 e. The van der Waals surface area contributed by atoms with E-state index in [1.54, 1.807) is 0 Å². The van der Waals surface area contributed by atoms with Gasteiger partial charge in [-0.2, -0.15) is 8.78 Å². The summed E-state index contributed by atoms with van der Waals surface area (Å²) < 4.78 is 65.6. The van der Waals surface area contributed by atoms with Crippen molar-refractivity contribution in [2.45, 2.75) is 18.1 Å². The van der Waals surface area contributed by atoms with Crippen LogP contribution in [0.4, 0.5) is 8.78 Å². The van der Waals surface area contributed by atoms with E-state index in [1.807, 2.05) is 0 Å². The van der Waals surface area contributed by atoms with E-state index in [0.29, 0.717) is 5.56 Å². The van der Waals surface area contributed by atoms with Crippen LogP contribution >= 0.6 is 0 Å². The minimum atomic E-state index is -3.85. The summed E-state index contributed by atoms with van der Waals surface area (Å²) >= 11 is 0. The summed E-state index contributed by atoms with van der Waals surface area (Å²) in [5.41, 5.74) is 0.694. The van der Waals surface area contributed by atoms with E-state index < -0.39 is 22.6 Å². The number of methoxy groups -OCH3 is 2. The van der Waals surface area contributed by atoms with Gasteiger partial charge >= 0.3 is 12.6 Å². The van der Waals surface area contributed by atoms with Crippen molar-refractivity contribution in [3.05, 3.63) is 53.6 Å². The summed E-state index contributed by atoms with van der Waals surface area (Å²) in [6.07, 6.45) is 0. The third kappa shape index (κ3) is 5.38. The molecule has 2 aromatic rings. The van der Waals surface area contributed by atoms with Crippen molar-refractivity contribution in [3.8, 4) is 11.5 Å². The molecule has 0 heterocycles. The first-order chi connectivity index (χ1) is 12.8. The molecule has 27 heavy (non-hydrogen) atoms. The Labute approximate surface area is 154 Å². The zero-order valence-corrected chi connectivity index (χ0v) is 15.3. The first-order valence-electron chi connectivity index (χ1n) is 7.56. The summed E-state index contributed by atoms with van der Waals surface area (Å²) in [7, 11) is -1.35. The molecular formula is C17H17F2NO6S. The fraction of sp³-hybridized carbons (Fsp3) is 0.235. The van der Waals surface area contributed by atoms with Crippen molar-refractivity contribution >= 4 is 16.0 Å². The lowest BCUT2D eigenvalue weighted by molar-refractivity contribution is -0.0512. The second-order valence-corrected chi connectivity index (χ2v) is 6.97.